The van der Waals surface area contributed by atoms with Crippen LogP contribution in [0.4, 0.5) is 4.39 Å². The van der Waals surface area contributed by atoms with Gasteiger partial charge in [0.05, 0.1) is 0 Å². The summed E-state index contributed by atoms with van der Waals surface area (Å²) in [5.74, 6) is 1.87. The first-order chi connectivity index (χ1) is 8.78. The summed E-state index contributed by atoms with van der Waals surface area (Å²) >= 11 is 1.81. The van der Waals surface area contributed by atoms with Gasteiger partial charge in [0.25, 0.3) is 0 Å². The molecule has 2 rings (SSSR count). The van der Waals surface area contributed by atoms with Gasteiger partial charge in [-0.3, -0.25) is 0 Å². The molecule has 1 aromatic rings. The fourth-order valence-electron chi connectivity index (χ4n) is 2.47. The van der Waals surface area contributed by atoms with E-state index in [1.807, 2.05) is 11.8 Å². The summed E-state index contributed by atoms with van der Waals surface area (Å²) in [6, 6.07) is 5.41. The highest BCUT2D eigenvalue weighted by Crippen LogP contribution is 2.31. The summed E-state index contributed by atoms with van der Waals surface area (Å²) in [7, 11) is 0. The summed E-state index contributed by atoms with van der Waals surface area (Å²) in [5.41, 5.74) is 1.05. The van der Waals surface area contributed by atoms with E-state index < -0.39 is 0 Å². The van der Waals surface area contributed by atoms with Gasteiger partial charge in [-0.05, 0) is 49.1 Å². The molecule has 0 bridgehead atoms. The Bertz CT molecular complexity index is 375. The molecule has 1 saturated carbocycles. The molecule has 1 aromatic carbocycles. The molecule has 3 heteroatoms. The standard InChI is InChI=1S/C15H22FNS/c1-2-17-10-13-7-14(16)9-15(8-13)18-11-12-5-3-4-6-12/h7-9,12,17H,2-6,10-11H2,1H3. The van der Waals surface area contributed by atoms with Gasteiger partial charge in [0.15, 0.2) is 0 Å². The van der Waals surface area contributed by atoms with Gasteiger partial charge in [-0.2, -0.15) is 0 Å². The van der Waals surface area contributed by atoms with Gasteiger partial charge >= 0.3 is 0 Å². The molecule has 18 heavy (non-hydrogen) atoms. The second kappa shape index (κ2) is 7.15. The minimum absolute atomic E-state index is 0.112. The summed E-state index contributed by atoms with van der Waals surface area (Å²) in [4.78, 5) is 1.08. The Balaban J connectivity index is 1.91. The van der Waals surface area contributed by atoms with Crippen molar-refractivity contribution in [1.29, 1.82) is 0 Å². The molecule has 1 aliphatic carbocycles. The third kappa shape index (κ3) is 4.29. The van der Waals surface area contributed by atoms with E-state index in [0.717, 1.165) is 35.2 Å². The number of rotatable bonds is 6. The van der Waals surface area contributed by atoms with Gasteiger partial charge in [0.1, 0.15) is 5.82 Å². The fraction of sp³-hybridized carbons (Fsp3) is 0.600. The fourth-order valence-corrected chi connectivity index (χ4v) is 3.66. The average Bonchev–Trinajstić information content (AvgIpc) is 2.86. The predicted octanol–water partition coefficient (Wildman–Crippen LogP) is 4.22. The smallest absolute Gasteiger partial charge is 0.124 e. The molecule has 100 valence electrons. The molecule has 1 N–H and O–H groups in total. The maximum Gasteiger partial charge on any atom is 0.124 e. The van der Waals surface area contributed by atoms with E-state index in [-0.39, 0.29) is 5.82 Å². The SMILES string of the molecule is CCNCc1cc(F)cc(SCC2CCCC2)c1. The van der Waals surface area contributed by atoms with Crippen LogP contribution in [-0.4, -0.2) is 12.3 Å². The Morgan fingerprint density at radius 1 is 1.28 bits per heavy atom. The summed E-state index contributed by atoms with van der Waals surface area (Å²) in [6.07, 6.45) is 5.46. The Labute approximate surface area is 114 Å². The topological polar surface area (TPSA) is 12.0 Å². The van der Waals surface area contributed by atoms with Crippen LogP contribution in [0.2, 0.25) is 0 Å². The Kier molecular flexibility index (Phi) is 5.51. The van der Waals surface area contributed by atoms with Crippen LogP contribution in [0.5, 0.6) is 0 Å². The summed E-state index contributed by atoms with van der Waals surface area (Å²) in [6.45, 7) is 3.74. The van der Waals surface area contributed by atoms with Crippen molar-refractivity contribution in [3.05, 3.63) is 29.6 Å². The van der Waals surface area contributed by atoms with Crippen molar-refractivity contribution in [1.82, 2.24) is 5.32 Å². The van der Waals surface area contributed by atoms with Crippen molar-refractivity contribution in [2.75, 3.05) is 12.3 Å². The van der Waals surface area contributed by atoms with E-state index in [0.29, 0.717) is 0 Å². The van der Waals surface area contributed by atoms with Crippen LogP contribution in [0.1, 0.15) is 38.2 Å². The van der Waals surface area contributed by atoms with Crippen LogP contribution in [0.3, 0.4) is 0 Å². The van der Waals surface area contributed by atoms with Gasteiger partial charge in [0, 0.05) is 17.2 Å². The van der Waals surface area contributed by atoms with E-state index >= 15 is 0 Å². The maximum absolute atomic E-state index is 13.5. The Morgan fingerprint density at radius 2 is 2.06 bits per heavy atom. The third-order valence-corrected chi connectivity index (χ3v) is 4.68. The molecule has 0 atom stereocenters. The quantitative estimate of drug-likeness (QED) is 0.775. The van der Waals surface area contributed by atoms with E-state index in [9.17, 15) is 4.39 Å². The number of nitrogens with one attached hydrogen (secondary N) is 1. The van der Waals surface area contributed by atoms with Gasteiger partial charge < -0.3 is 5.32 Å². The molecule has 0 heterocycles. The van der Waals surface area contributed by atoms with Crippen molar-refractivity contribution in [3.8, 4) is 0 Å². The van der Waals surface area contributed by atoms with Crippen molar-refractivity contribution in [3.63, 3.8) is 0 Å². The predicted molar refractivity (Wildman–Crippen MR) is 76.5 cm³/mol. The van der Waals surface area contributed by atoms with Crippen LogP contribution in [0, 0.1) is 11.7 Å². The minimum atomic E-state index is -0.112. The molecule has 0 unspecified atom stereocenters. The number of hydrogen-bond donors (Lipinski definition) is 1. The van der Waals surface area contributed by atoms with E-state index in [1.165, 1.54) is 25.7 Å². The molecule has 0 aliphatic heterocycles. The molecule has 0 aromatic heterocycles. The van der Waals surface area contributed by atoms with E-state index in [2.05, 4.69) is 18.3 Å². The number of hydrogen-bond acceptors (Lipinski definition) is 2. The lowest BCUT2D eigenvalue weighted by Gasteiger charge is -2.10. The van der Waals surface area contributed by atoms with Crippen molar-refractivity contribution in [2.45, 2.75) is 44.0 Å². The lowest BCUT2D eigenvalue weighted by molar-refractivity contribution is 0.615. The second-order valence-electron chi connectivity index (χ2n) is 5.04. The van der Waals surface area contributed by atoms with Crippen molar-refractivity contribution in [2.24, 2.45) is 5.92 Å². The monoisotopic (exact) mass is 267 g/mol. The molecule has 0 radical (unpaired) electrons. The van der Waals surface area contributed by atoms with Crippen LogP contribution in [-0.2, 0) is 6.54 Å². The van der Waals surface area contributed by atoms with Gasteiger partial charge in [-0.15, -0.1) is 11.8 Å². The van der Waals surface area contributed by atoms with Gasteiger partial charge in [-0.1, -0.05) is 19.8 Å². The third-order valence-electron chi connectivity index (χ3n) is 3.47. The normalized spacial score (nSPS) is 16.3. The van der Waals surface area contributed by atoms with E-state index in [4.69, 9.17) is 0 Å². The largest absolute Gasteiger partial charge is 0.313 e. The van der Waals surface area contributed by atoms with Gasteiger partial charge in [-0.25, -0.2) is 4.39 Å². The van der Waals surface area contributed by atoms with Crippen LogP contribution >= 0.6 is 11.8 Å². The molecule has 1 nitrogen and oxygen atoms in total. The van der Waals surface area contributed by atoms with E-state index in [1.54, 1.807) is 12.1 Å². The molecule has 0 spiro atoms. The molecule has 1 aliphatic rings. The second-order valence-corrected chi connectivity index (χ2v) is 6.13. The number of thioether (sulfide) groups is 1. The Hall–Kier alpha value is -0.540. The average molecular weight is 267 g/mol. The lowest BCUT2D eigenvalue weighted by atomic mass is 10.1. The van der Waals surface area contributed by atoms with Crippen LogP contribution in [0.25, 0.3) is 0 Å². The molecule has 0 saturated heterocycles. The van der Waals surface area contributed by atoms with Crippen LogP contribution in [0.15, 0.2) is 23.1 Å². The number of benzene rings is 1. The highest BCUT2D eigenvalue weighted by molar-refractivity contribution is 7.99. The summed E-state index contributed by atoms with van der Waals surface area (Å²) in [5, 5.41) is 3.24. The van der Waals surface area contributed by atoms with Gasteiger partial charge in [0.2, 0.25) is 0 Å². The van der Waals surface area contributed by atoms with Crippen LogP contribution < -0.4 is 5.32 Å². The van der Waals surface area contributed by atoms with Crippen molar-refractivity contribution < 1.29 is 4.39 Å². The zero-order valence-corrected chi connectivity index (χ0v) is 11.9. The van der Waals surface area contributed by atoms with Crippen molar-refractivity contribution >= 4 is 11.8 Å². The molecule has 1 fully saturated rings. The highest BCUT2D eigenvalue weighted by Gasteiger charge is 2.15. The minimum Gasteiger partial charge on any atom is -0.313 e. The number of halogens is 1. The Morgan fingerprint density at radius 3 is 2.78 bits per heavy atom. The first-order valence-electron chi connectivity index (χ1n) is 6.91. The highest BCUT2D eigenvalue weighted by atomic mass is 32.2. The lowest BCUT2D eigenvalue weighted by Crippen LogP contribution is -2.11. The zero-order chi connectivity index (χ0) is 12.8. The molecule has 0 amide bonds. The molecular formula is C15H22FNS. The summed E-state index contributed by atoms with van der Waals surface area (Å²) < 4.78 is 13.5. The zero-order valence-electron chi connectivity index (χ0n) is 11.0. The first kappa shape index (κ1) is 13.9. The maximum atomic E-state index is 13.5. The molecular weight excluding hydrogens is 245 g/mol. The first-order valence-corrected chi connectivity index (χ1v) is 7.89.